The van der Waals surface area contributed by atoms with E-state index in [1.807, 2.05) is 6.07 Å². The number of halogens is 1. The first kappa shape index (κ1) is 17.9. The molecule has 2 N–H and O–H groups in total. The van der Waals surface area contributed by atoms with Crippen LogP contribution in [0.5, 0.6) is 0 Å². The number of nitrogens with one attached hydrogen (secondary N) is 2. The molecule has 0 atom stereocenters. The Labute approximate surface area is 162 Å². The molecule has 6 nitrogen and oxygen atoms in total. The zero-order valence-electron chi connectivity index (χ0n) is 14.9. The van der Waals surface area contributed by atoms with Gasteiger partial charge in [-0.15, -0.1) is 0 Å². The number of anilines is 2. The largest absolute Gasteiger partial charge is 0.324 e. The van der Waals surface area contributed by atoms with Gasteiger partial charge >= 0.3 is 0 Å². The Kier molecular flexibility index (Phi) is 4.85. The molecule has 140 valence electrons. The fourth-order valence-electron chi connectivity index (χ4n) is 4.17. The molecule has 27 heavy (non-hydrogen) atoms. The van der Waals surface area contributed by atoms with Crippen molar-refractivity contribution in [1.82, 2.24) is 9.88 Å². The summed E-state index contributed by atoms with van der Waals surface area (Å²) in [5.41, 5.74) is 0.912. The van der Waals surface area contributed by atoms with Crippen molar-refractivity contribution in [1.29, 1.82) is 0 Å². The van der Waals surface area contributed by atoms with Gasteiger partial charge in [-0.2, -0.15) is 0 Å². The Morgan fingerprint density at radius 1 is 1.00 bits per heavy atom. The summed E-state index contributed by atoms with van der Waals surface area (Å²) in [6, 6.07) is 10.4. The highest BCUT2D eigenvalue weighted by Crippen LogP contribution is 2.39. The number of nitrogens with zero attached hydrogens (tertiary/aromatic N) is 2. The van der Waals surface area contributed by atoms with Crippen molar-refractivity contribution in [2.75, 3.05) is 23.7 Å². The third kappa shape index (κ3) is 3.31. The second kappa shape index (κ2) is 7.29. The van der Waals surface area contributed by atoms with Gasteiger partial charge in [-0.1, -0.05) is 23.7 Å². The maximum Gasteiger partial charge on any atom is 0.257 e. The Balaban J connectivity index is 1.55. The summed E-state index contributed by atoms with van der Waals surface area (Å²) in [4.78, 5) is 32.1. The summed E-state index contributed by atoms with van der Waals surface area (Å²) < 4.78 is 0. The molecule has 0 spiro atoms. The predicted molar refractivity (Wildman–Crippen MR) is 105 cm³/mol. The standard InChI is InChI=1S/C20H21ClN4O2/c21-17-16(8-3-11-22-17)23-18(26)14-6-1-2-7-15(14)24-19(27)20-9-4-12-25(20)13-5-10-20/h1-3,6-8,11H,4-5,9-10,12-13H2,(H,23,26)(H,24,27). The number of rotatable bonds is 4. The molecule has 0 saturated carbocycles. The van der Waals surface area contributed by atoms with Gasteiger partial charge in [-0.25, -0.2) is 4.98 Å². The number of carbonyl (C=O) groups excluding carboxylic acids is 2. The number of carbonyl (C=O) groups is 2. The van der Waals surface area contributed by atoms with Crippen molar-refractivity contribution in [3.63, 3.8) is 0 Å². The van der Waals surface area contributed by atoms with Crippen LogP contribution >= 0.6 is 11.6 Å². The maximum absolute atomic E-state index is 13.1. The van der Waals surface area contributed by atoms with Gasteiger partial charge in [-0.3, -0.25) is 14.5 Å². The average Bonchev–Trinajstić information content (AvgIpc) is 3.25. The quantitative estimate of drug-likeness (QED) is 0.790. The average molecular weight is 385 g/mol. The van der Waals surface area contributed by atoms with E-state index in [4.69, 9.17) is 11.6 Å². The van der Waals surface area contributed by atoms with Crippen molar-refractivity contribution < 1.29 is 9.59 Å². The second-order valence-electron chi connectivity index (χ2n) is 7.02. The van der Waals surface area contributed by atoms with Crippen molar-refractivity contribution >= 4 is 34.8 Å². The summed E-state index contributed by atoms with van der Waals surface area (Å²) in [6.07, 6.45) is 5.38. The van der Waals surface area contributed by atoms with Gasteiger partial charge in [0.05, 0.1) is 16.9 Å². The van der Waals surface area contributed by atoms with E-state index in [1.165, 1.54) is 0 Å². The Morgan fingerprint density at radius 2 is 1.70 bits per heavy atom. The van der Waals surface area contributed by atoms with Crippen LogP contribution in [-0.2, 0) is 4.79 Å². The molecule has 7 heteroatoms. The van der Waals surface area contributed by atoms with E-state index in [-0.39, 0.29) is 17.0 Å². The molecule has 0 bridgehead atoms. The third-order valence-corrected chi connectivity index (χ3v) is 5.79. The number of hydrogen-bond donors (Lipinski definition) is 2. The molecule has 0 unspecified atom stereocenters. The van der Waals surface area contributed by atoms with Gasteiger partial charge in [0.2, 0.25) is 5.91 Å². The number of pyridine rings is 1. The van der Waals surface area contributed by atoms with E-state index in [0.29, 0.717) is 16.9 Å². The lowest BCUT2D eigenvalue weighted by molar-refractivity contribution is -0.125. The summed E-state index contributed by atoms with van der Waals surface area (Å²) in [5, 5.41) is 5.99. The van der Waals surface area contributed by atoms with Crippen LogP contribution in [0.1, 0.15) is 36.0 Å². The minimum atomic E-state index is -0.420. The Bertz CT molecular complexity index is 876. The van der Waals surface area contributed by atoms with E-state index in [1.54, 1.807) is 36.5 Å². The van der Waals surface area contributed by atoms with Crippen LogP contribution in [0.2, 0.25) is 5.15 Å². The summed E-state index contributed by atoms with van der Waals surface area (Å²) >= 11 is 6.02. The highest BCUT2D eigenvalue weighted by molar-refractivity contribution is 6.32. The molecule has 2 fully saturated rings. The van der Waals surface area contributed by atoms with Gasteiger partial charge in [0, 0.05) is 6.20 Å². The molecule has 2 saturated heterocycles. The molecular weight excluding hydrogens is 364 g/mol. The van der Waals surface area contributed by atoms with Gasteiger partial charge < -0.3 is 10.6 Å². The number of para-hydroxylation sites is 1. The smallest absolute Gasteiger partial charge is 0.257 e. The van der Waals surface area contributed by atoms with Gasteiger partial charge in [-0.05, 0) is 63.0 Å². The molecule has 1 aromatic carbocycles. The Morgan fingerprint density at radius 3 is 2.44 bits per heavy atom. The van der Waals surface area contributed by atoms with Gasteiger partial charge in [0.25, 0.3) is 5.91 Å². The lowest BCUT2D eigenvalue weighted by Gasteiger charge is -2.30. The van der Waals surface area contributed by atoms with Gasteiger partial charge in [0.1, 0.15) is 5.54 Å². The summed E-state index contributed by atoms with van der Waals surface area (Å²) in [6.45, 7) is 1.93. The molecule has 2 aliphatic rings. The molecule has 3 heterocycles. The van der Waals surface area contributed by atoms with E-state index < -0.39 is 5.54 Å². The predicted octanol–water partition coefficient (Wildman–Crippen LogP) is 3.55. The van der Waals surface area contributed by atoms with E-state index >= 15 is 0 Å². The maximum atomic E-state index is 13.1. The summed E-state index contributed by atoms with van der Waals surface area (Å²) in [5.74, 6) is -0.356. The van der Waals surface area contributed by atoms with Crippen molar-refractivity contribution in [3.8, 4) is 0 Å². The molecule has 2 aliphatic heterocycles. The minimum absolute atomic E-state index is 0.0165. The van der Waals surface area contributed by atoms with E-state index in [9.17, 15) is 9.59 Å². The number of amides is 2. The minimum Gasteiger partial charge on any atom is -0.324 e. The zero-order valence-corrected chi connectivity index (χ0v) is 15.6. The summed E-state index contributed by atoms with van der Waals surface area (Å²) in [7, 11) is 0. The van der Waals surface area contributed by atoms with E-state index in [0.717, 1.165) is 38.8 Å². The van der Waals surface area contributed by atoms with Crippen LogP contribution in [-0.4, -0.2) is 40.3 Å². The number of aromatic nitrogens is 1. The fraction of sp³-hybridized carbons (Fsp3) is 0.350. The topological polar surface area (TPSA) is 74.3 Å². The van der Waals surface area contributed by atoms with Crippen LogP contribution < -0.4 is 10.6 Å². The molecule has 0 aliphatic carbocycles. The normalized spacial score (nSPS) is 18.1. The lowest BCUT2D eigenvalue weighted by atomic mass is 9.92. The Hall–Kier alpha value is -2.44. The van der Waals surface area contributed by atoms with Gasteiger partial charge in [0.15, 0.2) is 5.15 Å². The number of hydrogen-bond acceptors (Lipinski definition) is 4. The highest BCUT2D eigenvalue weighted by Gasteiger charge is 2.50. The van der Waals surface area contributed by atoms with Crippen LogP contribution in [0.3, 0.4) is 0 Å². The molecule has 0 radical (unpaired) electrons. The lowest BCUT2D eigenvalue weighted by Crippen LogP contribution is -2.49. The van der Waals surface area contributed by atoms with Crippen molar-refractivity contribution in [3.05, 3.63) is 53.3 Å². The van der Waals surface area contributed by atoms with Crippen LogP contribution in [0.4, 0.5) is 11.4 Å². The van der Waals surface area contributed by atoms with Crippen molar-refractivity contribution in [2.24, 2.45) is 0 Å². The first-order valence-electron chi connectivity index (χ1n) is 9.17. The van der Waals surface area contributed by atoms with E-state index in [2.05, 4.69) is 20.5 Å². The molecule has 2 amide bonds. The molecule has 2 aromatic rings. The SMILES string of the molecule is O=C(Nc1cccnc1Cl)c1ccccc1NC(=O)C12CCCN1CCC2. The first-order valence-corrected chi connectivity index (χ1v) is 9.55. The number of fused-ring (bicyclic) bond motifs is 1. The van der Waals surface area contributed by atoms with Crippen LogP contribution in [0.15, 0.2) is 42.6 Å². The van der Waals surface area contributed by atoms with Crippen LogP contribution in [0, 0.1) is 0 Å². The zero-order chi connectivity index (χ0) is 18.9. The van der Waals surface area contributed by atoms with Crippen molar-refractivity contribution in [2.45, 2.75) is 31.2 Å². The number of benzene rings is 1. The highest BCUT2D eigenvalue weighted by atomic mass is 35.5. The third-order valence-electron chi connectivity index (χ3n) is 5.49. The molecule has 1 aromatic heterocycles. The molecule has 4 rings (SSSR count). The first-order chi connectivity index (χ1) is 13.1. The second-order valence-corrected chi connectivity index (χ2v) is 7.38. The monoisotopic (exact) mass is 384 g/mol. The van der Waals surface area contributed by atoms with Crippen LogP contribution in [0.25, 0.3) is 0 Å². The molecular formula is C20H21ClN4O2. The fourth-order valence-corrected chi connectivity index (χ4v) is 4.34.